The van der Waals surface area contributed by atoms with E-state index in [1.165, 1.54) is 19.3 Å². The molecule has 1 unspecified atom stereocenters. The summed E-state index contributed by atoms with van der Waals surface area (Å²) in [4.78, 5) is 40.0. The number of aliphatic carboxylic acids is 2. The van der Waals surface area contributed by atoms with Gasteiger partial charge in [0.15, 0.2) is 0 Å². The number of pyridine rings is 1. The molecule has 1 aliphatic rings. The molecule has 28 heavy (non-hydrogen) atoms. The number of likely N-dealkylation sites (tertiary alicyclic amines) is 1. The summed E-state index contributed by atoms with van der Waals surface area (Å²) in [6.45, 7) is 7.27. The summed E-state index contributed by atoms with van der Waals surface area (Å²) in [5.41, 5.74) is 0. The van der Waals surface area contributed by atoms with Crippen LogP contribution in [-0.2, 0) is 14.4 Å². The van der Waals surface area contributed by atoms with Crippen LogP contribution in [0.3, 0.4) is 0 Å². The number of carbonyl (C=O) groups is 3. The molecular weight excluding hydrogens is 362 g/mol. The van der Waals surface area contributed by atoms with Gasteiger partial charge >= 0.3 is 11.9 Å². The molecular formula is C20H29N3O5. The third-order valence-electron chi connectivity index (χ3n) is 4.25. The smallest absolute Gasteiger partial charge is 0.328 e. The van der Waals surface area contributed by atoms with Gasteiger partial charge in [0.25, 0.3) is 0 Å². The van der Waals surface area contributed by atoms with Crippen LogP contribution in [-0.4, -0.2) is 63.6 Å². The average molecular weight is 391 g/mol. The van der Waals surface area contributed by atoms with Gasteiger partial charge in [-0.15, -0.1) is 0 Å². The Bertz CT molecular complexity index is 641. The maximum absolute atomic E-state index is 12.3. The van der Waals surface area contributed by atoms with Gasteiger partial charge < -0.3 is 15.1 Å². The third kappa shape index (κ3) is 8.77. The molecule has 1 aromatic rings. The molecule has 0 bridgehead atoms. The van der Waals surface area contributed by atoms with E-state index in [-0.39, 0.29) is 11.9 Å². The lowest BCUT2D eigenvalue weighted by molar-refractivity contribution is -0.134. The first-order valence-corrected chi connectivity index (χ1v) is 9.44. The van der Waals surface area contributed by atoms with Gasteiger partial charge in [0.05, 0.1) is 0 Å². The van der Waals surface area contributed by atoms with Crippen molar-refractivity contribution in [3.8, 4) is 0 Å². The highest BCUT2D eigenvalue weighted by Crippen LogP contribution is 2.17. The van der Waals surface area contributed by atoms with Crippen LogP contribution in [0, 0.1) is 0 Å². The largest absolute Gasteiger partial charge is 0.478 e. The van der Waals surface area contributed by atoms with Crippen molar-refractivity contribution in [1.29, 1.82) is 0 Å². The zero-order valence-electron chi connectivity index (χ0n) is 16.5. The highest BCUT2D eigenvalue weighted by molar-refractivity contribution is 5.92. The second-order valence-corrected chi connectivity index (χ2v) is 6.53. The first-order valence-electron chi connectivity index (χ1n) is 9.44. The lowest BCUT2D eigenvalue weighted by Crippen LogP contribution is -2.47. The van der Waals surface area contributed by atoms with E-state index in [1.54, 1.807) is 6.20 Å². The fourth-order valence-electron chi connectivity index (χ4n) is 3.01. The monoisotopic (exact) mass is 391 g/mol. The normalized spacial score (nSPS) is 15.4. The maximum Gasteiger partial charge on any atom is 0.328 e. The molecule has 154 valence electrons. The molecule has 0 aromatic carbocycles. The lowest BCUT2D eigenvalue weighted by atomic mass is 10.1. The first kappa shape index (κ1) is 23.3. The number of carboxylic acids is 2. The summed E-state index contributed by atoms with van der Waals surface area (Å²) in [5, 5.41) is 15.6. The molecule has 2 rings (SSSR count). The molecule has 0 radical (unpaired) electrons. The second-order valence-electron chi connectivity index (χ2n) is 6.53. The van der Waals surface area contributed by atoms with Crippen molar-refractivity contribution < 1.29 is 24.6 Å². The summed E-state index contributed by atoms with van der Waals surface area (Å²) in [5.74, 6) is -1.60. The zero-order chi connectivity index (χ0) is 20.9. The molecule has 0 aliphatic carbocycles. The van der Waals surface area contributed by atoms with Crippen molar-refractivity contribution >= 4 is 23.7 Å². The highest BCUT2D eigenvalue weighted by atomic mass is 16.4. The number of amides is 1. The van der Waals surface area contributed by atoms with Crippen LogP contribution >= 0.6 is 0 Å². The van der Waals surface area contributed by atoms with E-state index in [9.17, 15) is 14.4 Å². The topological polar surface area (TPSA) is 111 Å². The predicted molar refractivity (Wildman–Crippen MR) is 106 cm³/mol. The third-order valence-corrected chi connectivity index (χ3v) is 4.25. The molecule has 1 aliphatic heterocycles. The van der Waals surface area contributed by atoms with Crippen molar-refractivity contribution in [3.05, 3.63) is 36.5 Å². The van der Waals surface area contributed by atoms with Gasteiger partial charge in [0.2, 0.25) is 5.91 Å². The molecule has 1 fully saturated rings. The van der Waals surface area contributed by atoms with Crippen LogP contribution in [0.1, 0.15) is 39.5 Å². The van der Waals surface area contributed by atoms with Gasteiger partial charge in [-0.3, -0.25) is 9.69 Å². The number of piperidine rings is 1. The highest BCUT2D eigenvalue weighted by Gasteiger charge is 2.24. The number of nitrogens with zero attached hydrogens (tertiary/aromatic N) is 3. The molecule has 1 atom stereocenters. The number of hydrogen-bond acceptors (Lipinski definition) is 5. The molecule has 0 spiro atoms. The number of aromatic nitrogens is 1. The molecule has 8 heteroatoms. The Balaban J connectivity index is 0.000000416. The number of carboxylic acid groups (broad SMARTS) is 2. The Morgan fingerprint density at radius 2 is 1.75 bits per heavy atom. The first-order chi connectivity index (χ1) is 13.3. The SMILES string of the molecule is CCC(=O)N(c1ccccn1)C(C)CN1CCCCC1.O=C(O)C=CC(=O)O. The zero-order valence-corrected chi connectivity index (χ0v) is 16.5. The molecule has 0 saturated carbocycles. The van der Waals surface area contributed by atoms with Crippen molar-refractivity contribution in [2.24, 2.45) is 0 Å². The standard InChI is InChI=1S/C16H25N3O.C4H4O4/c1-3-16(20)19(15-9-5-6-10-17-15)14(2)13-18-11-7-4-8-12-18;5-3(6)1-2-4(7)8/h5-6,9-10,14H,3-4,7-8,11-13H2,1-2H3;1-2H,(H,5,6)(H,7,8). The Labute approximate surface area is 165 Å². The van der Waals surface area contributed by atoms with Gasteiger partial charge in [-0.2, -0.15) is 0 Å². The Hall–Kier alpha value is -2.74. The van der Waals surface area contributed by atoms with Gasteiger partial charge in [-0.1, -0.05) is 19.4 Å². The van der Waals surface area contributed by atoms with Crippen LogP contribution in [0.25, 0.3) is 0 Å². The maximum atomic E-state index is 12.3. The van der Waals surface area contributed by atoms with E-state index in [1.807, 2.05) is 30.0 Å². The van der Waals surface area contributed by atoms with Crippen molar-refractivity contribution in [2.75, 3.05) is 24.5 Å². The summed E-state index contributed by atoms with van der Waals surface area (Å²) >= 11 is 0. The minimum absolute atomic E-state index is 0.146. The van der Waals surface area contributed by atoms with Crippen LogP contribution in [0.4, 0.5) is 5.82 Å². The summed E-state index contributed by atoms with van der Waals surface area (Å²) < 4.78 is 0. The average Bonchev–Trinajstić information content (AvgIpc) is 2.68. The van der Waals surface area contributed by atoms with Gasteiger partial charge in [-0.25, -0.2) is 14.6 Å². The molecule has 1 saturated heterocycles. The Morgan fingerprint density at radius 1 is 1.14 bits per heavy atom. The van der Waals surface area contributed by atoms with E-state index in [2.05, 4.69) is 16.8 Å². The van der Waals surface area contributed by atoms with Gasteiger partial charge in [0, 0.05) is 37.4 Å². The van der Waals surface area contributed by atoms with Gasteiger partial charge in [-0.05, 0) is 45.0 Å². The number of carbonyl (C=O) groups excluding carboxylic acids is 1. The fraction of sp³-hybridized carbons (Fsp3) is 0.500. The van der Waals surface area contributed by atoms with Crippen LogP contribution < -0.4 is 4.90 Å². The van der Waals surface area contributed by atoms with E-state index in [4.69, 9.17) is 10.2 Å². The van der Waals surface area contributed by atoms with Crippen LogP contribution in [0.5, 0.6) is 0 Å². The number of anilines is 1. The summed E-state index contributed by atoms with van der Waals surface area (Å²) in [6.07, 6.45) is 7.27. The lowest BCUT2D eigenvalue weighted by Gasteiger charge is -2.34. The molecule has 2 heterocycles. The Kier molecular flexibility index (Phi) is 10.5. The van der Waals surface area contributed by atoms with Crippen molar-refractivity contribution in [2.45, 2.75) is 45.6 Å². The second kappa shape index (κ2) is 12.6. The summed E-state index contributed by atoms with van der Waals surface area (Å²) in [6, 6.07) is 5.90. The number of hydrogen-bond donors (Lipinski definition) is 2. The minimum atomic E-state index is -1.26. The minimum Gasteiger partial charge on any atom is -0.478 e. The van der Waals surface area contributed by atoms with Gasteiger partial charge in [0.1, 0.15) is 5.82 Å². The fourth-order valence-corrected chi connectivity index (χ4v) is 3.01. The van der Waals surface area contributed by atoms with Crippen molar-refractivity contribution in [1.82, 2.24) is 9.88 Å². The van der Waals surface area contributed by atoms with Crippen molar-refractivity contribution in [3.63, 3.8) is 0 Å². The van der Waals surface area contributed by atoms with E-state index < -0.39 is 11.9 Å². The molecule has 2 N–H and O–H groups in total. The molecule has 1 aromatic heterocycles. The molecule has 1 amide bonds. The Morgan fingerprint density at radius 3 is 2.21 bits per heavy atom. The quantitative estimate of drug-likeness (QED) is 0.687. The molecule has 8 nitrogen and oxygen atoms in total. The number of rotatable bonds is 7. The van der Waals surface area contributed by atoms with Crippen LogP contribution in [0.15, 0.2) is 36.5 Å². The van der Waals surface area contributed by atoms with Crippen LogP contribution in [0.2, 0.25) is 0 Å². The van der Waals surface area contributed by atoms with E-state index >= 15 is 0 Å². The van der Waals surface area contributed by atoms with E-state index in [0.717, 1.165) is 25.5 Å². The van der Waals surface area contributed by atoms with E-state index in [0.29, 0.717) is 18.6 Å². The predicted octanol–water partition coefficient (Wildman–Crippen LogP) is 2.41. The summed E-state index contributed by atoms with van der Waals surface area (Å²) in [7, 11) is 0.